The fourth-order valence-corrected chi connectivity index (χ4v) is 1.66. The van der Waals surface area contributed by atoms with E-state index >= 15 is 0 Å². The molecule has 0 aliphatic rings. The first-order valence-electron chi connectivity index (χ1n) is 5.53. The van der Waals surface area contributed by atoms with Crippen LogP contribution in [-0.4, -0.2) is 0 Å². The molecule has 0 spiro atoms. The fourth-order valence-electron chi connectivity index (χ4n) is 1.66. The van der Waals surface area contributed by atoms with Gasteiger partial charge < -0.3 is 9.73 Å². The van der Waals surface area contributed by atoms with Gasteiger partial charge in [0.15, 0.2) is 0 Å². The summed E-state index contributed by atoms with van der Waals surface area (Å²) in [5.74, 6) is 1.15. The lowest BCUT2D eigenvalue weighted by Gasteiger charge is -2.05. The molecule has 0 aliphatic heterocycles. The van der Waals surface area contributed by atoms with Crippen LogP contribution in [0.25, 0.3) is 0 Å². The number of aryl methyl sites for hydroxylation is 1. The van der Waals surface area contributed by atoms with E-state index in [1.54, 1.807) is 6.07 Å². The number of nitrogens with one attached hydrogen (secondary N) is 1. The number of furan rings is 1. The van der Waals surface area contributed by atoms with E-state index in [1.165, 1.54) is 11.1 Å². The topological polar surface area (TPSA) is 49.0 Å². The summed E-state index contributed by atoms with van der Waals surface area (Å²) >= 11 is 0. The Balaban J connectivity index is 1.88. The molecular formula is C14H14N2O. The van der Waals surface area contributed by atoms with Crippen LogP contribution < -0.4 is 5.32 Å². The molecule has 1 N–H and O–H groups in total. The monoisotopic (exact) mass is 226 g/mol. The van der Waals surface area contributed by atoms with Crippen LogP contribution in [0.2, 0.25) is 0 Å². The van der Waals surface area contributed by atoms with Gasteiger partial charge in [0.2, 0.25) is 5.76 Å². The van der Waals surface area contributed by atoms with Gasteiger partial charge in [0, 0.05) is 6.54 Å². The second kappa shape index (κ2) is 5.33. The van der Waals surface area contributed by atoms with Crippen molar-refractivity contribution in [3.05, 3.63) is 59.0 Å². The van der Waals surface area contributed by atoms with Crippen molar-refractivity contribution in [1.82, 2.24) is 5.32 Å². The average molecular weight is 226 g/mol. The highest BCUT2D eigenvalue weighted by Gasteiger charge is 2.01. The van der Waals surface area contributed by atoms with Gasteiger partial charge in [-0.15, -0.1) is 0 Å². The summed E-state index contributed by atoms with van der Waals surface area (Å²) in [6.07, 6.45) is 0. The van der Waals surface area contributed by atoms with Crippen molar-refractivity contribution < 1.29 is 4.42 Å². The van der Waals surface area contributed by atoms with E-state index < -0.39 is 0 Å². The van der Waals surface area contributed by atoms with E-state index in [4.69, 9.17) is 9.68 Å². The maximum absolute atomic E-state index is 8.63. The maximum atomic E-state index is 8.63. The Labute approximate surface area is 101 Å². The number of nitrogens with zero attached hydrogens (tertiary/aromatic N) is 1. The van der Waals surface area contributed by atoms with E-state index in [1.807, 2.05) is 24.3 Å². The number of hydrogen-bond acceptors (Lipinski definition) is 3. The summed E-state index contributed by atoms with van der Waals surface area (Å²) < 4.78 is 5.28. The minimum absolute atomic E-state index is 0.359. The van der Waals surface area contributed by atoms with E-state index in [9.17, 15) is 0 Å². The van der Waals surface area contributed by atoms with E-state index in [2.05, 4.69) is 24.4 Å². The largest absolute Gasteiger partial charge is 0.449 e. The first-order valence-corrected chi connectivity index (χ1v) is 5.53. The Kier molecular flexibility index (Phi) is 3.59. The quantitative estimate of drug-likeness (QED) is 0.872. The molecule has 0 fully saturated rings. The van der Waals surface area contributed by atoms with Crippen LogP contribution in [0.4, 0.5) is 0 Å². The first kappa shape index (κ1) is 11.4. The molecule has 86 valence electrons. The van der Waals surface area contributed by atoms with Gasteiger partial charge in [-0.05, 0) is 30.2 Å². The van der Waals surface area contributed by atoms with Crippen molar-refractivity contribution in [1.29, 1.82) is 5.26 Å². The van der Waals surface area contributed by atoms with Gasteiger partial charge in [0.05, 0.1) is 6.54 Å². The van der Waals surface area contributed by atoms with E-state index in [-0.39, 0.29) is 0 Å². The average Bonchev–Trinajstić information content (AvgIpc) is 2.80. The second-order valence-electron chi connectivity index (χ2n) is 3.91. The molecule has 17 heavy (non-hydrogen) atoms. The summed E-state index contributed by atoms with van der Waals surface area (Å²) in [6, 6.07) is 13.7. The summed E-state index contributed by atoms with van der Waals surface area (Å²) in [5, 5.41) is 11.9. The number of hydrogen-bond donors (Lipinski definition) is 1. The maximum Gasteiger partial charge on any atom is 0.203 e. The highest BCUT2D eigenvalue weighted by Crippen LogP contribution is 2.08. The number of benzene rings is 1. The molecule has 0 radical (unpaired) electrons. The smallest absolute Gasteiger partial charge is 0.203 e. The van der Waals surface area contributed by atoms with Crippen molar-refractivity contribution in [2.75, 3.05) is 0 Å². The second-order valence-corrected chi connectivity index (χ2v) is 3.91. The molecular weight excluding hydrogens is 212 g/mol. The van der Waals surface area contributed by atoms with Crippen molar-refractivity contribution in [3.8, 4) is 6.07 Å². The Morgan fingerprint density at radius 2 is 2.00 bits per heavy atom. The van der Waals surface area contributed by atoms with E-state index in [0.29, 0.717) is 12.3 Å². The Morgan fingerprint density at radius 3 is 2.71 bits per heavy atom. The highest BCUT2D eigenvalue weighted by atomic mass is 16.3. The molecule has 0 aliphatic carbocycles. The lowest BCUT2D eigenvalue weighted by molar-refractivity contribution is 0.473. The van der Waals surface area contributed by atoms with Crippen LogP contribution in [0.1, 0.15) is 22.6 Å². The highest BCUT2D eigenvalue weighted by molar-refractivity contribution is 5.25. The van der Waals surface area contributed by atoms with Gasteiger partial charge in [-0.1, -0.05) is 24.3 Å². The van der Waals surface area contributed by atoms with Crippen LogP contribution in [0.15, 0.2) is 40.8 Å². The zero-order chi connectivity index (χ0) is 12.1. The number of nitriles is 1. The van der Waals surface area contributed by atoms with Crippen LogP contribution in [0.5, 0.6) is 0 Å². The Hall–Kier alpha value is -2.05. The molecule has 1 heterocycles. The molecule has 0 unspecified atom stereocenters. The van der Waals surface area contributed by atoms with Crippen molar-refractivity contribution >= 4 is 0 Å². The SMILES string of the molecule is Cc1ccccc1CNCc1ccc(C#N)o1. The Bertz CT molecular complexity index is 537. The molecule has 1 aromatic carbocycles. The zero-order valence-corrected chi connectivity index (χ0v) is 9.73. The third-order valence-electron chi connectivity index (χ3n) is 2.65. The van der Waals surface area contributed by atoms with Crippen molar-refractivity contribution in [2.45, 2.75) is 20.0 Å². The van der Waals surface area contributed by atoms with Crippen LogP contribution in [0.3, 0.4) is 0 Å². The third-order valence-corrected chi connectivity index (χ3v) is 2.65. The van der Waals surface area contributed by atoms with Crippen molar-refractivity contribution in [3.63, 3.8) is 0 Å². The lowest BCUT2D eigenvalue weighted by atomic mass is 10.1. The molecule has 0 saturated heterocycles. The summed E-state index contributed by atoms with van der Waals surface area (Å²) in [5.41, 5.74) is 2.55. The predicted molar refractivity (Wildman–Crippen MR) is 65.1 cm³/mol. The van der Waals surface area contributed by atoms with Gasteiger partial charge in [0.25, 0.3) is 0 Å². The summed E-state index contributed by atoms with van der Waals surface area (Å²) in [6.45, 7) is 3.53. The molecule has 3 nitrogen and oxygen atoms in total. The van der Waals surface area contributed by atoms with E-state index in [0.717, 1.165) is 12.3 Å². The minimum Gasteiger partial charge on any atom is -0.449 e. The fraction of sp³-hybridized carbons (Fsp3) is 0.214. The molecule has 1 aromatic heterocycles. The molecule has 3 heteroatoms. The normalized spacial score (nSPS) is 10.1. The number of rotatable bonds is 4. The molecule has 0 bridgehead atoms. The van der Waals surface area contributed by atoms with Gasteiger partial charge >= 0.3 is 0 Å². The zero-order valence-electron chi connectivity index (χ0n) is 9.73. The van der Waals surface area contributed by atoms with Crippen LogP contribution in [-0.2, 0) is 13.1 Å². The van der Waals surface area contributed by atoms with Crippen LogP contribution >= 0.6 is 0 Å². The summed E-state index contributed by atoms with van der Waals surface area (Å²) in [4.78, 5) is 0. The standard InChI is InChI=1S/C14H14N2O/c1-11-4-2-3-5-12(11)9-16-10-14-7-6-13(8-15)17-14/h2-7,16H,9-10H2,1H3. The van der Waals surface area contributed by atoms with Crippen LogP contribution in [0, 0.1) is 18.3 Å². The third kappa shape index (κ3) is 2.96. The van der Waals surface area contributed by atoms with Gasteiger partial charge in [-0.3, -0.25) is 0 Å². The predicted octanol–water partition coefficient (Wildman–Crippen LogP) is 2.75. The molecule has 2 rings (SSSR count). The summed E-state index contributed by atoms with van der Waals surface area (Å²) in [7, 11) is 0. The minimum atomic E-state index is 0.359. The first-order chi connectivity index (χ1) is 8.29. The van der Waals surface area contributed by atoms with Gasteiger partial charge in [0.1, 0.15) is 11.8 Å². The molecule has 2 aromatic rings. The molecule has 0 amide bonds. The lowest BCUT2D eigenvalue weighted by Crippen LogP contribution is -2.12. The van der Waals surface area contributed by atoms with Crippen molar-refractivity contribution in [2.24, 2.45) is 0 Å². The Morgan fingerprint density at radius 1 is 1.18 bits per heavy atom. The van der Waals surface area contributed by atoms with Gasteiger partial charge in [-0.25, -0.2) is 0 Å². The molecule has 0 atom stereocenters. The van der Waals surface area contributed by atoms with Gasteiger partial charge in [-0.2, -0.15) is 5.26 Å². The molecule has 0 saturated carbocycles.